The first-order chi connectivity index (χ1) is 16.9. The van der Waals surface area contributed by atoms with Crippen LogP contribution in [0.5, 0.6) is 0 Å². The van der Waals surface area contributed by atoms with Gasteiger partial charge in [-0.15, -0.1) is 0 Å². The maximum Gasteiger partial charge on any atom is 0.302 e. The smallest absolute Gasteiger partial charge is 0.302 e. The van der Waals surface area contributed by atoms with Crippen molar-refractivity contribution in [3.8, 4) is 0 Å². The fourth-order valence-electron chi connectivity index (χ4n) is 8.32. The van der Waals surface area contributed by atoms with E-state index in [1.807, 2.05) is 13.8 Å². The molecule has 0 spiro atoms. The quantitative estimate of drug-likeness (QED) is 0.308. The summed E-state index contributed by atoms with van der Waals surface area (Å²) in [5, 5.41) is 2.83. The first-order valence-electron chi connectivity index (χ1n) is 13.8. The van der Waals surface area contributed by atoms with Crippen LogP contribution in [0.2, 0.25) is 0 Å². The molecule has 0 heterocycles. The highest BCUT2D eigenvalue weighted by molar-refractivity contribution is 6.08. The van der Waals surface area contributed by atoms with Crippen molar-refractivity contribution in [3.63, 3.8) is 0 Å². The van der Waals surface area contributed by atoms with Crippen molar-refractivity contribution in [2.24, 2.45) is 28.6 Å². The van der Waals surface area contributed by atoms with Gasteiger partial charge in [0.05, 0.1) is 0 Å². The molecule has 1 N–H and O–H groups in total. The molecule has 0 aromatic rings. The van der Waals surface area contributed by atoms with Crippen LogP contribution in [0, 0.1) is 28.6 Å². The summed E-state index contributed by atoms with van der Waals surface area (Å²) in [4.78, 5) is 49.4. The van der Waals surface area contributed by atoms with E-state index >= 15 is 0 Å². The normalized spacial score (nSPS) is 37.6. The van der Waals surface area contributed by atoms with Crippen LogP contribution in [0.1, 0.15) is 99.3 Å². The lowest BCUT2D eigenvalue weighted by Gasteiger charge is -2.57. The van der Waals surface area contributed by atoms with Crippen LogP contribution in [0.15, 0.2) is 22.8 Å². The molecule has 0 bridgehead atoms. The van der Waals surface area contributed by atoms with Crippen molar-refractivity contribution in [1.82, 2.24) is 5.32 Å². The van der Waals surface area contributed by atoms with E-state index in [-0.39, 0.29) is 52.3 Å². The highest BCUT2D eigenvalue weighted by Crippen LogP contribution is 2.65. The zero-order valence-electron chi connectivity index (χ0n) is 22.9. The van der Waals surface area contributed by atoms with Crippen molar-refractivity contribution in [2.45, 2.75) is 111 Å². The Morgan fingerprint density at radius 1 is 1.06 bits per heavy atom. The number of esters is 1. The Morgan fingerprint density at radius 2 is 1.75 bits per heavy atom. The largest absolute Gasteiger partial charge is 0.462 e. The molecule has 0 radical (unpaired) electrons. The molecule has 1 amide bonds. The van der Waals surface area contributed by atoms with Gasteiger partial charge >= 0.3 is 5.97 Å². The summed E-state index contributed by atoms with van der Waals surface area (Å²) in [5.41, 5.74) is 2.70. The monoisotopic (exact) mass is 497 g/mol. The van der Waals surface area contributed by atoms with Crippen LogP contribution in [-0.4, -0.2) is 35.6 Å². The Labute approximate surface area is 215 Å². The van der Waals surface area contributed by atoms with Gasteiger partial charge in [-0.3, -0.25) is 19.2 Å². The third-order valence-corrected chi connectivity index (χ3v) is 10.1. The second-order valence-corrected chi connectivity index (χ2v) is 12.4. The molecule has 36 heavy (non-hydrogen) atoms. The number of fused-ring (bicyclic) bond motifs is 5. The molecule has 0 aromatic carbocycles. The van der Waals surface area contributed by atoms with Gasteiger partial charge in [0.25, 0.3) is 0 Å². The number of allylic oxidation sites excluding steroid dienone is 3. The number of carbonyl (C=O) groups excluding carboxylic acids is 4. The SMILES string of the molecule is CC(=O)N[C@@H](C)CCC(=O)/C(C)=C1\C(=O)C[C@H]2[C@@H]3CC=C4C[C@@H](OC(C)=O)CC[C@]4(C)[C@H]3CC[C@]12C. The van der Waals surface area contributed by atoms with Gasteiger partial charge in [0, 0.05) is 44.7 Å². The van der Waals surface area contributed by atoms with E-state index in [4.69, 9.17) is 4.74 Å². The number of amides is 1. The molecule has 4 aliphatic rings. The Kier molecular flexibility index (Phi) is 7.38. The van der Waals surface area contributed by atoms with Crippen molar-refractivity contribution in [1.29, 1.82) is 0 Å². The van der Waals surface area contributed by atoms with E-state index in [0.717, 1.165) is 44.1 Å². The molecule has 3 saturated carbocycles. The fraction of sp³-hybridized carbons (Fsp3) is 0.733. The maximum atomic E-state index is 13.4. The number of rotatable bonds is 6. The van der Waals surface area contributed by atoms with Crippen molar-refractivity contribution >= 4 is 23.4 Å². The lowest BCUT2D eigenvalue weighted by Crippen LogP contribution is -2.49. The number of ether oxygens (including phenoxy) is 1. The summed E-state index contributed by atoms with van der Waals surface area (Å²) >= 11 is 0. The number of ketones is 2. The van der Waals surface area contributed by atoms with E-state index in [1.54, 1.807) is 0 Å². The molecule has 0 saturated heterocycles. The lowest BCUT2D eigenvalue weighted by molar-refractivity contribution is -0.148. The second-order valence-electron chi connectivity index (χ2n) is 12.4. The average molecular weight is 498 g/mol. The Hall–Kier alpha value is -2.24. The molecule has 4 rings (SSSR count). The van der Waals surface area contributed by atoms with Gasteiger partial charge in [-0.1, -0.05) is 25.5 Å². The van der Waals surface area contributed by atoms with E-state index in [9.17, 15) is 19.2 Å². The molecular weight excluding hydrogens is 454 g/mol. The molecule has 3 fully saturated rings. The van der Waals surface area contributed by atoms with Gasteiger partial charge < -0.3 is 10.1 Å². The Bertz CT molecular complexity index is 1020. The molecule has 0 aliphatic heterocycles. The minimum absolute atomic E-state index is 0.0168. The van der Waals surface area contributed by atoms with Crippen LogP contribution in [-0.2, 0) is 23.9 Å². The average Bonchev–Trinajstić information content (AvgIpc) is 3.06. The van der Waals surface area contributed by atoms with Gasteiger partial charge in [-0.05, 0) is 86.5 Å². The zero-order valence-corrected chi connectivity index (χ0v) is 22.9. The van der Waals surface area contributed by atoms with E-state index < -0.39 is 0 Å². The van der Waals surface area contributed by atoms with Gasteiger partial charge in [-0.2, -0.15) is 0 Å². The van der Waals surface area contributed by atoms with Crippen LogP contribution in [0.3, 0.4) is 0 Å². The van der Waals surface area contributed by atoms with Gasteiger partial charge in [0.2, 0.25) is 5.91 Å². The van der Waals surface area contributed by atoms with Gasteiger partial charge in [0.1, 0.15) is 6.10 Å². The number of nitrogens with one attached hydrogen (secondary N) is 1. The maximum absolute atomic E-state index is 13.4. The van der Waals surface area contributed by atoms with Crippen molar-refractivity contribution in [3.05, 3.63) is 22.8 Å². The van der Waals surface area contributed by atoms with Gasteiger partial charge in [-0.25, -0.2) is 0 Å². The Morgan fingerprint density at radius 3 is 2.42 bits per heavy atom. The minimum Gasteiger partial charge on any atom is -0.462 e. The lowest BCUT2D eigenvalue weighted by atomic mass is 9.47. The summed E-state index contributed by atoms with van der Waals surface area (Å²) in [5.74, 6) is 1.11. The van der Waals surface area contributed by atoms with E-state index in [0.29, 0.717) is 36.7 Å². The molecule has 6 heteroatoms. The number of Topliss-reactive ketones (excluding diaryl/α,β-unsaturated/α-hetero) is 2. The zero-order chi connectivity index (χ0) is 26.4. The van der Waals surface area contributed by atoms with Crippen LogP contribution in [0.4, 0.5) is 0 Å². The fourth-order valence-corrected chi connectivity index (χ4v) is 8.32. The van der Waals surface area contributed by atoms with Crippen LogP contribution < -0.4 is 5.32 Å². The van der Waals surface area contributed by atoms with Crippen LogP contribution >= 0.6 is 0 Å². The van der Waals surface area contributed by atoms with Crippen molar-refractivity contribution in [2.75, 3.05) is 0 Å². The topological polar surface area (TPSA) is 89.5 Å². The molecule has 0 unspecified atom stereocenters. The third-order valence-electron chi connectivity index (χ3n) is 10.1. The predicted molar refractivity (Wildman–Crippen MR) is 138 cm³/mol. The number of carbonyl (C=O) groups is 4. The van der Waals surface area contributed by atoms with E-state index in [2.05, 4.69) is 25.2 Å². The molecule has 0 aromatic heterocycles. The molecule has 198 valence electrons. The minimum atomic E-state index is -0.252. The highest BCUT2D eigenvalue weighted by atomic mass is 16.5. The Balaban J connectivity index is 1.54. The number of hydrogen-bond acceptors (Lipinski definition) is 5. The van der Waals surface area contributed by atoms with Gasteiger partial charge in [0.15, 0.2) is 11.6 Å². The third kappa shape index (κ3) is 4.72. The summed E-state index contributed by atoms with van der Waals surface area (Å²) < 4.78 is 5.55. The highest BCUT2D eigenvalue weighted by Gasteiger charge is 2.60. The first kappa shape index (κ1) is 26.8. The molecular formula is C30H43NO5. The standard InChI is InChI=1S/C30H43NO5/c1-17(31-19(3)32)7-10-26(34)18(2)28-27(35)16-25-23-9-8-21-15-22(36-20(4)33)11-13-29(21,5)24(23)12-14-30(25,28)6/h8,17,22-25H,7,9-16H2,1-6H3,(H,31,32)/b28-18+/t17-,22-,23+,24-,25-,29-,30-/m0/s1. The molecule has 6 nitrogen and oxygen atoms in total. The molecule has 7 atom stereocenters. The summed E-state index contributed by atoms with van der Waals surface area (Å²) in [6, 6.07) is -0.0674. The summed E-state index contributed by atoms with van der Waals surface area (Å²) in [7, 11) is 0. The first-order valence-corrected chi connectivity index (χ1v) is 13.8. The van der Waals surface area contributed by atoms with Crippen LogP contribution in [0.25, 0.3) is 0 Å². The second kappa shape index (κ2) is 9.90. The van der Waals surface area contributed by atoms with E-state index in [1.165, 1.54) is 19.4 Å². The summed E-state index contributed by atoms with van der Waals surface area (Å²) in [6.45, 7) is 11.3. The van der Waals surface area contributed by atoms with Crippen molar-refractivity contribution < 1.29 is 23.9 Å². The predicted octanol–water partition coefficient (Wildman–Crippen LogP) is 5.25. The number of hydrogen-bond donors (Lipinski definition) is 1. The molecule has 4 aliphatic carbocycles. The summed E-state index contributed by atoms with van der Waals surface area (Å²) in [6.07, 6.45) is 9.51.